The van der Waals surface area contributed by atoms with Gasteiger partial charge in [0.1, 0.15) is 5.01 Å². The molecule has 0 atom stereocenters. The first-order valence-electron chi connectivity index (χ1n) is 5.78. The highest BCUT2D eigenvalue weighted by molar-refractivity contribution is 7.09. The summed E-state index contributed by atoms with van der Waals surface area (Å²) in [7, 11) is 0. The normalized spacial score (nSPS) is 19.3. The van der Waals surface area contributed by atoms with Gasteiger partial charge in [0.25, 0.3) is 0 Å². The highest BCUT2D eigenvalue weighted by Gasteiger charge is 2.41. The smallest absolute Gasteiger partial charge is 0.296 e. The third kappa shape index (κ3) is 1.72. The minimum absolute atomic E-state index is 0.238. The van der Waals surface area contributed by atoms with Gasteiger partial charge in [-0.05, 0) is 12.8 Å². The van der Waals surface area contributed by atoms with Crippen LogP contribution in [0.25, 0.3) is 0 Å². The topological polar surface area (TPSA) is 71.8 Å². The van der Waals surface area contributed by atoms with Crippen LogP contribution < -0.4 is 5.76 Å². The van der Waals surface area contributed by atoms with Crippen molar-refractivity contribution in [1.29, 1.82) is 0 Å². The summed E-state index contributed by atoms with van der Waals surface area (Å²) in [6.07, 6.45) is 7.25. The fourth-order valence-electron chi connectivity index (χ4n) is 2.60. The van der Waals surface area contributed by atoms with Crippen molar-refractivity contribution >= 4 is 11.3 Å². The first-order valence-corrected chi connectivity index (χ1v) is 6.66. The molecule has 1 N–H and O–H groups in total. The molecule has 1 saturated carbocycles. The predicted molar refractivity (Wildman–Crippen MR) is 63.1 cm³/mol. The lowest BCUT2D eigenvalue weighted by molar-refractivity contribution is 0.308. The van der Waals surface area contributed by atoms with E-state index >= 15 is 0 Å². The number of aromatic nitrogens is 3. The summed E-state index contributed by atoms with van der Waals surface area (Å²) in [5.41, 5.74) is -0.238. The first kappa shape index (κ1) is 10.7. The van der Waals surface area contributed by atoms with Gasteiger partial charge in [0.2, 0.25) is 0 Å². The van der Waals surface area contributed by atoms with Crippen molar-refractivity contribution < 1.29 is 4.52 Å². The highest BCUT2D eigenvalue weighted by Crippen LogP contribution is 2.43. The van der Waals surface area contributed by atoms with Crippen molar-refractivity contribution in [3.63, 3.8) is 0 Å². The van der Waals surface area contributed by atoms with Crippen molar-refractivity contribution in [2.75, 3.05) is 0 Å². The zero-order valence-electron chi connectivity index (χ0n) is 9.31. The van der Waals surface area contributed by atoms with E-state index in [4.69, 9.17) is 0 Å². The maximum atomic E-state index is 11.1. The Bertz CT molecular complexity index is 537. The third-order valence-electron chi connectivity index (χ3n) is 3.44. The summed E-state index contributed by atoms with van der Waals surface area (Å²) >= 11 is 1.62. The van der Waals surface area contributed by atoms with Crippen LogP contribution in [-0.2, 0) is 5.41 Å². The number of nitrogens with one attached hydrogen (secondary N) is 1. The van der Waals surface area contributed by atoms with E-state index in [1.165, 1.54) is 6.42 Å². The molecule has 0 unspecified atom stereocenters. The SMILES string of the molecule is O=c1[nH]c(C2(c3nccs3)CCCCC2)no1. The minimum Gasteiger partial charge on any atom is -0.296 e. The number of hydrogen-bond acceptors (Lipinski definition) is 5. The van der Waals surface area contributed by atoms with Gasteiger partial charge in [0, 0.05) is 11.6 Å². The van der Waals surface area contributed by atoms with Gasteiger partial charge in [0.05, 0.1) is 5.41 Å². The molecule has 3 rings (SSSR count). The molecule has 5 nitrogen and oxygen atoms in total. The molecule has 0 radical (unpaired) electrons. The largest absolute Gasteiger partial charge is 0.438 e. The molecular weight excluding hydrogens is 238 g/mol. The van der Waals surface area contributed by atoms with Gasteiger partial charge in [-0.1, -0.05) is 24.4 Å². The molecule has 2 heterocycles. The standard InChI is InChI=1S/C11H13N3O2S/c15-10-13-8(14-16-10)11(4-2-1-3-5-11)9-12-6-7-17-9/h6-7H,1-5H2,(H,13,14,15). The van der Waals surface area contributed by atoms with Crippen LogP contribution in [-0.4, -0.2) is 15.1 Å². The maximum absolute atomic E-state index is 11.1. The average molecular weight is 251 g/mol. The van der Waals surface area contributed by atoms with Crippen molar-refractivity contribution in [2.45, 2.75) is 37.5 Å². The van der Waals surface area contributed by atoms with Gasteiger partial charge in [-0.25, -0.2) is 9.78 Å². The zero-order chi connectivity index (χ0) is 11.7. The van der Waals surface area contributed by atoms with E-state index in [2.05, 4.69) is 19.6 Å². The Morgan fingerprint density at radius 2 is 2.18 bits per heavy atom. The lowest BCUT2D eigenvalue weighted by Crippen LogP contribution is -2.32. The molecule has 1 fully saturated rings. The second-order valence-electron chi connectivity index (χ2n) is 4.42. The Hall–Kier alpha value is -1.43. The summed E-state index contributed by atoms with van der Waals surface area (Å²) in [6.45, 7) is 0. The van der Waals surface area contributed by atoms with Crippen LogP contribution in [0.3, 0.4) is 0 Å². The Morgan fingerprint density at radius 3 is 2.76 bits per heavy atom. The van der Waals surface area contributed by atoms with Gasteiger partial charge >= 0.3 is 5.76 Å². The second-order valence-corrected chi connectivity index (χ2v) is 5.32. The molecule has 17 heavy (non-hydrogen) atoms. The van der Waals surface area contributed by atoms with Crippen molar-refractivity contribution in [3.05, 3.63) is 33.0 Å². The van der Waals surface area contributed by atoms with Gasteiger partial charge in [-0.15, -0.1) is 11.3 Å². The summed E-state index contributed by atoms with van der Waals surface area (Å²) in [5, 5.41) is 6.88. The van der Waals surface area contributed by atoms with Gasteiger partial charge in [0.15, 0.2) is 5.82 Å². The van der Waals surface area contributed by atoms with E-state index in [1.54, 1.807) is 17.5 Å². The van der Waals surface area contributed by atoms with E-state index in [0.29, 0.717) is 5.82 Å². The molecule has 0 bridgehead atoms. The van der Waals surface area contributed by atoms with Crippen LogP contribution in [0.4, 0.5) is 0 Å². The maximum Gasteiger partial charge on any atom is 0.438 e. The van der Waals surface area contributed by atoms with Crippen LogP contribution in [0.2, 0.25) is 0 Å². The summed E-state index contributed by atoms with van der Waals surface area (Å²) in [4.78, 5) is 18.3. The average Bonchev–Trinajstić information content (AvgIpc) is 3.01. The van der Waals surface area contributed by atoms with Gasteiger partial charge < -0.3 is 0 Å². The monoisotopic (exact) mass is 251 g/mol. The third-order valence-corrected chi connectivity index (χ3v) is 4.42. The molecule has 2 aromatic rings. The number of H-pyrrole nitrogens is 1. The van der Waals surface area contributed by atoms with E-state index < -0.39 is 5.76 Å². The van der Waals surface area contributed by atoms with Crippen LogP contribution in [0.1, 0.15) is 42.9 Å². The fourth-order valence-corrected chi connectivity index (χ4v) is 3.50. The van der Waals surface area contributed by atoms with Crippen LogP contribution >= 0.6 is 11.3 Å². The fraction of sp³-hybridized carbons (Fsp3) is 0.545. The second kappa shape index (κ2) is 4.10. The molecule has 6 heteroatoms. The summed E-state index contributed by atoms with van der Waals surface area (Å²) < 4.78 is 4.66. The molecule has 0 aliphatic heterocycles. The van der Waals surface area contributed by atoms with Crippen LogP contribution in [0, 0.1) is 0 Å². The van der Waals surface area contributed by atoms with Crippen molar-refractivity contribution in [1.82, 2.24) is 15.1 Å². The first-order chi connectivity index (χ1) is 8.31. The molecule has 0 amide bonds. The molecule has 2 aromatic heterocycles. The number of nitrogens with zero attached hydrogens (tertiary/aromatic N) is 2. The summed E-state index contributed by atoms with van der Waals surface area (Å²) in [5.74, 6) is 0.152. The predicted octanol–water partition coefficient (Wildman–Crippen LogP) is 2.07. The molecular formula is C11H13N3O2S. The van der Waals surface area contributed by atoms with Crippen molar-refractivity contribution in [3.8, 4) is 0 Å². The minimum atomic E-state index is -0.485. The van der Waals surface area contributed by atoms with Gasteiger partial charge in [-0.3, -0.25) is 9.51 Å². The van der Waals surface area contributed by atoms with E-state index in [9.17, 15) is 4.79 Å². The van der Waals surface area contributed by atoms with Crippen LogP contribution in [0.5, 0.6) is 0 Å². The molecule has 0 spiro atoms. The lowest BCUT2D eigenvalue weighted by Gasteiger charge is -2.32. The van der Waals surface area contributed by atoms with E-state index in [0.717, 1.165) is 30.7 Å². The molecule has 0 aromatic carbocycles. The highest BCUT2D eigenvalue weighted by atomic mass is 32.1. The molecule has 90 valence electrons. The lowest BCUT2D eigenvalue weighted by atomic mass is 9.74. The Labute approximate surface area is 102 Å². The Morgan fingerprint density at radius 1 is 1.35 bits per heavy atom. The van der Waals surface area contributed by atoms with E-state index in [1.807, 2.05) is 5.38 Å². The molecule has 1 aliphatic rings. The quantitative estimate of drug-likeness (QED) is 0.886. The Balaban J connectivity index is 2.10. The zero-order valence-corrected chi connectivity index (χ0v) is 10.1. The Kier molecular flexibility index (Phi) is 2.58. The number of thiazole rings is 1. The molecule has 0 saturated heterocycles. The van der Waals surface area contributed by atoms with Crippen molar-refractivity contribution in [2.24, 2.45) is 0 Å². The van der Waals surface area contributed by atoms with Crippen LogP contribution in [0.15, 0.2) is 20.9 Å². The van der Waals surface area contributed by atoms with Gasteiger partial charge in [-0.2, -0.15) is 0 Å². The molecule has 1 aliphatic carbocycles. The van der Waals surface area contributed by atoms with E-state index in [-0.39, 0.29) is 5.41 Å². The number of hydrogen-bond donors (Lipinski definition) is 1. The number of aromatic amines is 1. The number of rotatable bonds is 2. The summed E-state index contributed by atoms with van der Waals surface area (Å²) in [6, 6.07) is 0.